The zero-order chi connectivity index (χ0) is 37.2. The molecule has 3 heteroatoms. The average molecular weight is 719 g/mol. The summed E-state index contributed by atoms with van der Waals surface area (Å²) in [5, 5.41) is 4.73. The third-order valence-electron chi connectivity index (χ3n) is 11.9. The van der Waals surface area contributed by atoms with Gasteiger partial charge in [-0.15, -0.1) is 0 Å². The maximum Gasteiger partial charge on any atom is 0.136 e. The first kappa shape index (κ1) is 32.3. The zero-order valence-corrected chi connectivity index (χ0v) is 31.1. The van der Waals surface area contributed by atoms with Gasteiger partial charge in [0, 0.05) is 44.6 Å². The molecule has 8 aromatic carbocycles. The predicted octanol–water partition coefficient (Wildman–Crippen LogP) is 14.8. The van der Waals surface area contributed by atoms with Gasteiger partial charge in [-0.2, -0.15) is 0 Å². The molecular formula is C53H38N2O. The van der Waals surface area contributed by atoms with E-state index >= 15 is 0 Å². The standard InChI is InChI=1S/C53H38N2O/c1-53-33-11-10-18-51(53)55(41-14-6-3-7-15-41)48-31-30-44(35-47(48)53)54(42-26-21-37(22-27-42)36-12-4-2-5-13-36)43-28-23-38(24-29-43)40-20-19-39-25-32-50-52(46(39)34-40)45-16-8-9-17-49(45)56-50/h2-32,34-35H,33H2,1H3. The number of nitrogens with zero attached hydrogens (tertiary/aromatic N) is 2. The van der Waals surface area contributed by atoms with Gasteiger partial charge in [0.15, 0.2) is 0 Å². The maximum absolute atomic E-state index is 6.24. The van der Waals surface area contributed by atoms with Crippen LogP contribution in [0.1, 0.15) is 18.9 Å². The van der Waals surface area contributed by atoms with E-state index in [1.54, 1.807) is 0 Å². The van der Waals surface area contributed by atoms with E-state index in [0.29, 0.717) is 0 Å². The second-order valence-corrected chi connectivity index (χ2v) is 15.2. The smallest absolute Gasteiger partial charge is 0.136 e. The molecule has 0 bridgehead atoms. The molecule has 0 spiro atoms. The Hall–Kier alpha value is -7.10. The molecule has 11 rings (SSSR count). The lowest BCUT2D eigenvalue weighted by Gasteiger charge is -2.31. The molecule has 0 saturated carbocycles. The van der Waals surface area contributed by atoms with Crippen molar-refractivity contribution in [3.8, 4) is 22.3 Å². The molecule has 1 aliphatic heterocycles. The van der Waals surface area contributed by atoms with Crippen molar-refractivity contribution in [3.05, 3.63) is 211 Å². The Morgan fingerprint density at radius 1 is 0.536 bits per heavy atom. The summed E-state index contributed by atoms with van der Waals surface area (Å²) in [4.78, 5) is 4.84. The Labute approximate surface area is 326 Å². The molecule has 9 aromatic rings. The molecule has 0 amide bonds. The van der Waals surface area contributed by atoms with Crippen LogP contribution in [0.25, 0.3) is 55.0 Å². The van der Waals surface area contributed by atoms with E-state index < -0.39 is 0 Å². The normalized spacial score (nSPS) is 15.9. The average Bonchev–Trinajstić information content (AvgIpc) is 3.77. The highest BCUT2D eigenvalue weighted by Crippen LogP contribution is 2.55. The molecule has 3 nitrogen and oxygen atoms in total. The molecule has 2 aliphatic rings. The minimum Gasteiger partial charge on any atom is -0.456 e. The van der Waals surface area contributed by atoms with Crippen molar-refractivity contribution < 1.29 is 4.42 Å². The van der Waals surface area contributed by atoms with Gasteiger partial charge in [0.05, 0.1) is 5.69 Å². The molecule has 0 fully saturated rings. The fourth-order valence-electron chi connectivity index (χ4n) is 9.01. The minimum absolute atomic E-state index is 0.148. The van der Waals surface area contributed by atoms with Crippen LogP contribution < -0.4 is 9.80 Å². The molecule has 56 heavy (non-hydrogen) atoms. The number of benzene rings is 8. The van der Waals surface area contributed by atoms with Gasteiger partial charge in [0.2, 0.25) is 0 Å². The lowest BCUT2D eigenvalue weighted by Crippen LogP contribution is -2.27. The van der Waals surface area contributed by atoms with E-state index in [2.05, 4.69) is 205 Å². The fourth-order valence-corrected chi connectivity index (χ4v) is 9.01. The van der Waals surface area contributed by atoms with Crippen LogP contribution in [0.5, 0.6) is 0 Å². The third-order valence-corrected chi connectivity index (χ3v) is 11.9. The van der Waals surface area contributed by atoms with E-state index in [4.69, 9.17) is 4.42 Å². The van der Waals surface area contributed by atoms with Crippen LogP contribution in [0.4, 0.5) is 28.4 Å². The maximum atomic E-state index is 6.24. The monoisotopic (exact) mass is 718 g/mol. The molecule has 0 N–H and O–H groups in total. The molecule has 266 valence electrons. The molecule has 2 heterocycles. The Morgan fingerprint density at radius 2 is 1.16 bits per heavy atom. The number of rotatable bonds is 6. The van der Waals surface area contributed by atoms with Crippen LogP contribution >= 0.6 is 0 Å². The lowest BCUT2D eigenvalue weighted by atomic mass is 9.76. The predicted molar refractivity (Wildman–Crippen MR) is 235 cm³/mol. The summed E-state index contributed by atoms with van der Waals surface area (Å²) in [6, 6.07) is 65.7. The highest BCUT2D eigenvalue weighted by molar-refractivity contribution is 6.19. The van der Waals surface area contributed by atoms with E-state index in [0.717, 1.165) is 40.0 Å². The molecule has 1 aromatic heterocycles. The number of fused-ring (bicyclic) bond motifs is 8. The van der Waals surface area contributed by atoms with Crippen molar-refractivity contribution in [1.82, 2.24) is 0 Å². The summed E-state index contributed by atoms with van der Waals surface area (Å²) >= 11 is 0. The van der Waals surface area contributed by atoms with Crippen molar-refractivity contribution in [2.75, 3.05) is 9.80 Å². The Kier molecular flexibility index (Phi) is 7.36. The van der Waals surface area contributed by atoms with Crippen LogP contribution in [0, 0.1) is 0 Å². The van der Waals surface area contributed by atoms with Gasteiger partial charge in [0.25, 0.3) is 0 Å². The summed E-state index contributed by atoms with van der Waals surface area (Å²) in [5.74, 6) is 0. The lowest BCUT2D eigenvalue weighted by molar-refractivity contribution is 0.577. The summed E-state index contributed by atoms with van der Waals surface area (Å²) in [6.07, 6.45) is 7.76. The Balaban J connectivity index is 1.03. The largest absolute Gasteiger partial charge is 0.456 e. The zero-order valence-electron chi connectivity index (χ0n) is 31.1. The van der Waals surface area contributed by atoms with E-state index in [1.165, 1.54) is 61.0 Å². The number of anilines is 5. The van der Waals surface area contributed by atoms with Crippen molar-refractivity contribution in [2.24, 2.45) is 0 Å². The van der Waals surface area contributed by atoms with Gasteiger partial charge < -0.3 is 14.2 Å². The fraction of sp³-hybridized carbons (Fsp3) is 0.0566. The molecule has 1 atom stereocenters. The molecular weight excluding hydrogens is 681 g/mol. The van der Waals surface area contributed by atoms with Gasteiger partial charge in [-0.1, -0.05) is 121 Å². The second kappa shape index (κ2) is 12.8. The first-order valence-corrected chi connectivity index (χ1v) is 19.4. The van der Waals surface area contributed by atoms with Crippen LogP contribution in [0.2, 0.25) is 0 Å². The Bertz CT molecular complexity index is 2990. The van der Waals surface area contributed by atoms with Crippen molar-refractivity contribution in [1.29, 1.82) is 0 Å². The van der Waals surface area contributed by atoms with Gasteiger partial charge in [-0.3, -0.25) is 0 Å². The number of hydrogen-bond acceptors (Lipinski definition) is 3. The SMILES string of the molecule is CC12CC=CC=C1N(c1ccccc1)c1ccc(N(c3ccc(-c4ccccc4)cc3)c3ccc(-c4ccc5ccc6oc7ccccc7c6c5c4)cc3)cc12. The summed E-state index contributed by atoms with van der Waals surface area (Å²) in [7, 11) is 0. The van der Waals surface area contributed by atoms with E-state index in [-0.39, 0.29) is 5.41 Å². The van der Waals surface area contributed by atoms with Crippen molar-refractivity contribution in [2.45, 2.75) is 18.8 Å². The summed E-state index contributed by atoms with van der Waals surface area (Å²) < 4.78 is 6.24. The number of hydrogen-bond donors (Lipinski definition) is 0. The summed E-state index contributed by atoms with van der Waals surface area (Å²) in [5.41, 5.74) is 14.9. The topological polar surface area (TPSA) is 19.6 Å². The van der Waals surface area contributed by atoms with Crippen molar-refractivity contribution in [3.63, 3.8) is 0 Å². The van der Waals surface area contributed by atoms with Crippen LogP contribution in [-0.2, 0) is 5.41 Å². The van der Waals surface area contributed by atoms with E-state index in [9.17, 15) is 0 Å². The van der Waals surface area contributed by atoms with E-state index in [1.807, 2.05) is 12.1 Å². The first-order valence-electron chi connectivity index (χ1n) is 19.4. The number of para-hydroxylation sites is 2. The summed E-state index contributed by atoms with van der Waals surface area (Å²) in [6.45, 7) is 2.39. The van der Waals surface area contributed by atoms with Gasteiger partial charge >= 0.3 is 0 Å². The first-order chi connectivity index (χ1) is 27.6. The van der Waals surface area contributed by atoms with Gasteiger partial charge in [-0.05, 0) is 131 Å². The van der Waals surface area contributed by atoms with Crippen LogP contribution in [-0.4, -0.2) is 0 Å². The van der Waals surface area contributed by atoms with Crippen LogP contribution in [0.15, 0.2) is 210 Å². The van der Waals surface area contributed by atoms with Gasteiger partial charge in [-0.25, -0.2) is 0 Å². The molecule has 1 unspecified atom stereocenters. The van der Waals surface area contributed by atoms with Gasteiger partial charge in [0.1, 0.15) is 11.2 Å². The third kappa shape index (κ3) is 5.12. The quantitative estimate of drug-likeness (QED) is 0.171. The molecule has 1 aliphatic carbocycles. The highest BCUT2D eigenvalue weighted by atomic mass is 16.3. The Morgan fingerprint density at radius 3 is 1.93 bits per heavy atom. The van der Waals surface area contributed by atoms with Crippen molar-refractivity contribution >= 4 is 61.1 Å². The second-order valence-electron chi connectivity index (χ2n) is 15.2. The number of furan rings is 1. The number of allylic oxidation sites excluding steroid dienone is 4. The van der Waals surface area contributed by atoms with Crippen LogP contribution in [0.3, 0.4) is 0 Å². The molecule has 0 radical (unpaired) electrons. The highest BCUT2D eigenvalue weighted by Gasteiger charge is 2.44. The molecule has 0 saturated heterocycles. The minimum atomic E-state index is -0.148.